The van der Waals surface area contributed by atoms with Crippen molar-refractivity contribution < 1.29 is 14.5 Å². The summed E-state index contributed by atoms with van der Waals surface area (Å²) < 4.78 is 4.59. The predicted molar refractivity (Wildman–Crippen MR) is 63.7 cm³/mol. The van der Waals surface area contributed by atoms with Crippen molar-refractivity contribution in [3.63, 3.8) is 0 Å². The van der Waals surface area contributed by atoms with E-state index in [4.69, 9.17) is 23.2 Å². The monoisotopic (exact) mass is 277 g/mol. The SMILES string of the molecule is CC(COC(=O)Cl)c1cc(Cl)ccc1[N+](=O)[O-]. The number of nitrogens with zero attached hydrogens (tertiary/aromatic N) is 1. The van der Waals surface area contributed by atoms with Crippen LogP contribution in [0.4, 0.5) is 10.5 Å². The van der Waals surface area contributed by atoms with Crippen molar-refractivity contribution >= 4 is 34.3 Å². The second kappa shape index (κ2) is 5.84. The van der Waals surface area contributed by atoms with E-state index in [0.29, 0.717) is 10.6 Å². The molecule has 5 nitrogen and oxygen atoms in total. The number of nitro benzene ring substituents is 1. The topological polar surface area (TPSA) is 69.4 Å². The van der Waals surface area contributed by atoms with Gasteiger partial charge in [-0.2, -0.15) is 0 Å². The maximum atomic E-state index is 10.8. The molecule has 0 amide bonds. The highest BCUT2D eigenvalue weighted by Gasteiger charge is 2.20. The number of nitro groups is 1. The second-order valence-electron chi connectivity index (χ2n) is 3.41. The number of halogens is 2. The van der Waals surface area contributed by atoms with Crippen LogP contribution in [0.25, 0.3) is 0 Å². The lowest BCUT2D eigenvalue weighted by Crippen LogP contribution is -2.08. The van der Waals surface area contributed by atoms with Crippen molar-refractivity contribution in [3.05, 3.63) is 38.9 Å². The first kappa shape index (κ1) is 13.7. The smallest absolute Gasteiger partial charge is 0.403 e. The lowest BCUT2D eigenvalue weighted by Gasteiger charge is -2.11. The molecule has 0 N–H and O–H groups in total. The fourth-order valence-corrected chi connectivity index (χ4v) is 1.61. The summed E-state index contributed by atoms with van der Waals surface area (Å²) in [5, 5.41) is 11.2. The van der Waals surface area contributed by atoms with Gasteiger partial charge in [0.05, 0.1) is 11.5 Å². The minimum absolute atomic E-state index is 0.0382. The van der Waals surface area contributed by atoms with Gasteiger partial charge in [0.1, 0.15) is 0 Å². The highest BCUT2D eigenvalue weighted by molar-refractivity contribution is 6.61. The summed E-state index contributed by atoms with van der Waals surface area (Å²) in [5.74, 6) is -0.364. The molecule has 0 saturated carbocycles. The Bertz CT molecular complexity index is 450. The zero-order chi connectivity index (χ0) is 13.0. The van der Waals surface area contributed by atoms with Gasteiger partial charge < -0.3 is 4.74 Å². The fourth-order valence-electron chi connectivity index (χ4n) is 1.37. The number of benzene rings is 1. The van der Waals surface area contributed by atoms with Crippen molar-refractivity contribution in [3.8, 4) is 0 Å². The number of rotatable bonds is 4. The third kappa shape index (κ3) is 3.87. The first-order valence-electron chi connectivity index (χ1n) is 4.68. The molecule has 0 spiro atoms. The first-order chi connectivity index (χ1) is 7.91. The average molecular weight is 278 g/mol. The van der Waals surface area contributed by atoms with Gasteiger partial charge in [0.2, 0.25) is 0 Å². The van der Waals surface area contributed by atoms with E-state index < -0.39 is 10.4 Å². The van der Waals surface area contributed by atoms with E-state index in [1.54, 1.807) is 6.92 Å². The van der Waals surface area contributed by atoms with E-state index in [-0.39, 0.29) is 18.2 Å². The summed E-state index contributed by atoms with van der Waals surface area (Å²) in [6.45, 7) is 1.64. The lowest BCUT2D eigenvalue weighted by molar-refractivity contribution is -0.385. The number of ether oxygens (including phenoxy) is 1. The number of carbonyl (C=O) groups excluding carboxylic acids is 1. The molecule has 0 aliphatic carbocycles. The van der Waals surface area contributed by atoms with E-state index in [1.807, 2.05) is 0 Å². The second-order valence-corrected chi connectivity index (χ2v) is 4.15. The van der Waals surface area contributed by atoms with Crippen molar-refractivity contribution in [1.29, 1.82) is 0 Å². The van der Waals surface area contributed by atoms with Crippen LogP contribution in [0.1, 0.15) is 18.4 Å². The molecule has 1 rings (SSSR count). The van der Waals surface area contributed by atoms with Crippen LogP contribution < -0.4 is 0 Å². The lowest BCUT2D eigenvalue weighted by atomic mass is 10.0. The molecule has 0 aliphatic rings. The van der Waals surface area contributed by atoms with Crippen molar-refractivity contribution in [2.45, 2.75) is 12.8 Å². The Morgan fingerprint density at radius 3 is 2.76 bits per heavy atom. The van der Waals surface area contributed by atoms with E-state index in [0.717, 1.165) is 0 Å². The Morgan fingerprint density at radius 2 is 2.24 bits per heavy atom. The van der Waals surface area contributed by atoms with E-state index in [9.17, 15) is 14.9 Å². The summed E-state index contributed by atoms with van der Waals surface area (Å²) in [7, 11) is 0. The Labute approximate surface area is 107 Å². The van der Waals surface area contributed by atoms with Gasteiger partial charge >= 0.3 is 5.43 Å². The third-order valence-electron chi connectivity index (χ3n) is 2.16. The van der Waals surface area contributed by atoms with Gasteiger partial charge in [-0.1, -0.05) is 18.5 Å². The maximum absolute atomic E-state index is 10.8. The molecule has 1 aromatic rings. The molecule has 7 heteroatoms. The highest BCUT2D eigenvalue weighted by atomic mass is 35.5. The van der Waals surface area contributed by atoms with Crippen LogP contribution in [0, 0.1) is 10.1 Å². The number of hydrogen-bond acceptors (Lipinski definition) is 4. The van der Waals surface area contributed by atoms with E-state index >= 15 is 0 Å². The first-order valence-corrected chi connectivity index (χ1v) is 5.43. The van der Waals surface area contributed by atoms with Crippen molar-refractivity contribution in [2.24, 2.45) is 0 Å². The summed E-state index contributed by atoms with van der Waals surface area (Å²) in [4.78, 5) is 20.7. The largest absolute Gasteiger partial charge is 0.453 e. The highest BCUT2D eigenvalue weighted by Crippen LogP contribution is 2.29. The van der Waals surface area contributed by atoms with Gasteiger partial charge in [0.25, 0.3) is 5.69 Å². The summed E-state index contributed by atoms with van der Waals surface area (Å²) in [6.07, 6.45) is 0. The molecule has 1 unspecified atom stereocenters. The average Bonchev–Trinajstić information content (AvgIpc) is 2.25. The molecular formula is C10H9Cl2NO4. The summed E-state index contributed by atoms with van der Waals surface area (Å²) >= 11 is 10.8. The third-order valence-corrected chi connectivity index (χ3v) is 2.51. The molecule has 0 bridgehead atoms. The van der Waals surface area contributed by atoms with Crippen molar-refractivity contribution in [1.82, 2.24) is 0 Å². The van der Waals surface area contributed by atoms with Gasteiger partial charge in [0, 0.05) is 34.2 Å². The predicted octanol–water partition coefficient (Wildman–Crippen LogP) is 3.73. The normalized spacial score (nSPS) is 11.9. The summed E-state index contributed by atoms with van der Waals surface area (Å²) in [5.41, 5.74) is -0.602. The van der Waals surface area contributed by atoms with Crippen molar-refractivity contribution in [2.75, 3.05) is 6.61 Å². The van der Waals surface area contributed by atoms with Crippen LogP contribution in [0.5, 0.6) is 0 Å². The number of hydrogen-bond donors (Lipinski definition) is 0. The Morgan fingerprint density at radius 1 is 1.59 bits per heavy atom. The molecule has 1 aromatic carbocycles. The van der Waals surface area contributed by atoms with Crippen LogP contribution in [-0.2, 0) is 4.74 Å². The zero-order valence-electron chi connectivity index (χ0n) is 8.85. The molecule has 0 fully saturated rings. The molecule has 17 heavy (non-hydrogen) atoms. The number of carbonyl (C=O) groups is 1. The van der Waals surface area contributed by atoms with Crippen LogP contribution >= 0.6 is 23.2 Å². The van der Waals surface area contributed by atoms with E-state index in [2.05, 4.69) is 4.74 Å². The van der Waals surface area contributed by atoms with Crippen LogP contribution in [0.2, 0.25) is 5.02 Å². The summed E-state index contributed by atoms with van der Waals surface area (Å²) in [6, 6.07) is 4.23. The zero-order valence-corrected chi connectivity index (χ0v) is 10.4. The quantitative estimate of drug-likeness (QED) is 0.478. The molecular weight excluding hydrogens is 269 g/mol. The Kier molecular flexibility index (Phi) is 4.72. The van der Waals surface area contributed by atoms with Gasteiger partial charge in [-0.25, -0.2) is 4.79 Å². The molecule has 1 atom stereocenters. The molecule has 92 valence electrons. The van der Waals surface area contributed by atoms with E-state index in [1.165, 1.54) is 18.2 Å². The molecule has 0 saturated heterocycles. The van der Waals surface area contributed by atoms with Gasteiger partial charge in [0.15, 0.2) is 0 Å². The fraction of sp³-hybridized carbons (Fsp3) is 0.300. The Hall–Kier alpha value is -1.33. The Balaban J connectivity index is 2.97. The molecule has 0 radical (unpaired) electrons. The van der Waals surface area contributed by atoms with Gasteiger partial charge in [-0.15, -0.1) is 0 Å². The molecule has 0 heterocycles. The van der Waals surface area contributed by atoms with Gasteiger partial charge in [-0.05, 0) is 12.1 Å². The molecule has 0 aliphatic heterocycles. The van der Waals surface area contributed by atoms with Gasteiger partial charge in [-0.3, -0.25) is 10.1 Å². The van der Waals surface area contributed by atoms with Crippen LogP contribution in [-0.4, -0.2) is 17.0 Å². The molecule has 0 aromatic heterocycles. The minimum Gasteiger partial charge on any atom is -0.453 e. The standard InChI is InChI=1S/C10H9Cl2NO4/c1-6(5-17-10(12)14)8-4-7(11)2-3-9(8)13(15)16/h2-4,6H,5H2,1H3. The van der Waals surface area contributed by atoms with Crippen LogP contribution in [0.15, 0.2) is 18.2 Å². The minimum atomic E-state index is -0.943. The maximum Gasteiger partial charge on any atom is 0.403 e. The van der Waals surface area contributed by atoms with Crippen LogP contribution in [0.3, 0.4) is 0 Å².